The minimum atomic E-state index is -4.23. The number of likely N-dealkylation sites (N-methyl/N-ethyl adjacent to an activating group) is 1. The van der Waals surface area contributed by atoms with E-state index in [1.54, 1.807) is 48.5 Å². The van der Waals surface area contributed by atoms with Crippen LogP contribution in [0.5, 0.6) is 0 Å². The predicted octanol–water partition coefficient (Wildman–Crippen LogP) is 5.60. The van der Waals surface area contributed by atoms with E-state index >= 15 is 0 Å². The van der Waals surface area contributed by atoms with Crippen molar-refractivity contribution < 1.29 is 89.9 Å². The lowest BCUT2D eigenvalue weighted by molar-refractivity contribution is -0.319. The summed E-state index contributed by atoms with van der Waals surface area (Å²) in [6, 6.07) is -0.319. The first-order valence-corrected chi connectivity index (χ1v) is 32.0. The maximum absolute atomic E-state index is 14.2. The second-order valence-corrected chi connectivity index (χ2v) is 25.6. The van der Waals surface area contributed by atoms with Crippen molar-refractivity contribution in [3.8, 4) is 0 Å². The predicted molar refractivity (Wildman–Crippen MR) is 333 cm³/mol. The van der Waals surface area contributed by atoms with E-state index in [1.807, 2.05) is 25.9 Å². The summed E-state index contributed by atoms with van der Waals surface area (Å²) in [6.07, 6.45) is 2.17. The van der Waals surface area contributed by atoms with Gasteiger partial charge in [-0.1, -0.05) is 111 Å². The Morgan fingerprint density at radius 1 is 0.818 bits per heavy atom. The number of ether oxygens (including phenoxy) is 7. The summed E-state index contributed by atoms with van der Waals surface area (Å²) in [5, 5.41) is 46.4. The Kier molecular flexibility index (Phi) is 35.3. The van der Waals surface area contributed by atoms with Gasteiger partial charge in [-0.3, -0.25) is 23.7 Å². The Labute approximate surface area is 532 Å². The van der Waals surface area contributed by atoms with E-state index in [1.165, 1.54) is 72.8 Å². The highest BCUT2D eigenvalue weighted by Gasteiger charge is 2.54. The van der Waals surface area contributed by atoms with Crippen LogP contribution in [0, 0.1) is 23.7 Å². The molecule has 3 fully saturated rings. The van der Waals surface area contributed by atoms with Crippen LogP contribution in [0.2, 0.25) is 5.15 Å². The first kappa shape index (κ1) is 82.3. The van der Waals surface area contributed by atoms with Crippen LogP contribution in [0.4, 0.5) is 11.6 Å². The van der Waals surface area contributed by atoms with Gasteiger partial charge in [0, 0.05) is 37.7 Å². The molecule has 0 aromatic carbocycles. The topological polar surface area (TPSA) is 423 Å². The standard InChI is InChI=1S/C40H71NO14.C12H26O4S.C6H8ClN7O.ClH/c1-15-27-40(11,48)33(44)22(5)30(43)20(3)18-38(9,47)35(55-37-32(53-28(42)16-2)26(41(12)13)17-21(4)50-37)23(6)31(24(7)36(46)52-27)54-29-19-39(10,49-14)34(45)25(8)51-29;1-2-3-4-5-6-7-8-9-10-11-12-16-17(13,14)15;7-2-4(9)13-3(8)1(12-2)5(15)14-6(10)11;/h20-27,29,31-35,37,44-45,47-48H,15-19H2,1-14H3;2-12H2,1H3,(H,13,14,15);(H4,8,9,13)(H4,10,11,14,15);1H. The van der Waals surface area contributed by atoms with E-state index in [0.29, 0.717) is 12.8 Å². The second kappa shape index (κ2) is 37.7. The molecular formula is C58H106Cl2N8O19S. The maximum Gasteiger partial charge on any atom is 0.397 e. The highest BCUT2D eigenvalue weighted by atomic mass is 35.5. The lowest BCUT2D eigenvalue weighted by atomic mass is 9.74. The van der Waals surface area contributed by atoms with Crippen molar-refractivity contribution in [2.45, 2.75) is 264 Å². The molecule has 18 unspecified atom stereocenters. The number of methoxy groups -OCH3 is 1. The third-order valence-electron chi connectivity index (χ3n) is 16.4. The molecule has 0 aliphatic carbocycles. The monoisotopic (exact) mass is 1320 g/mol. The number of cyclic esters (lactones) is 1. The molecule has 3 aliphatic heterocycles. The molecule has 1 aromatic heterocycles. The number of ketones is 1. The van der Waals surface area contributed by atoms with Crippen LogP contribution in [0.15, 0.2) is 4.99 Å². The Balaban J connectivity index is 0.000000950. The van der Waals surface area contributed by atoms with E-state index in [4.69, 9.17) is 72.2 Å². The van der Waals surface area contributed by atoms with Crippen molar-refractivity contribution in [1.29, 1.82) is 0 Å². The molecule has 30 heteroatoms. The van der Waals surface area contributed by atoms with Crippen LogP contribution in [0.25, 0.3) is 0 Å². The maximum atomic E-state index is 14.2. The van der Waals surface area contributed by atoms with Crippen LogP contribution >= 0.6 is 24.0 Å². The van der Waals surface area contributed by atoms with Gasteiger partial charge >= 0.3 is 28.2 Å². The number of nitrogens with two attached hydrogens (primary N) is 4. The van der Waals surface area contributed by atoms with Gasteiger partial charge < -0.3 is 81.4 Å². The van der Waals surface area contributed by atoms with Gasteiger partial charge in [0.05, 0.1) is 60.3 Å². The number of carbonyl (C=O) groups is 4. The summed E-state index contributed by atoms with van der Waals surface area (Å²) in [5.74, 6) is -7.09. The molecule has 512 valence electrons. The molecule has 0 radical (unpaired) electrons. The van der Waals surface area contributed by atoms with Crippen molar-refractivity contribution in [2.75, 3.05) is 39.3 Å². The van der Waals surface area contributed by atoms with Gasteiger partial charge in [-0.15, -0.1) is 12.4 Å². The molecule has 18 atom stereocenters. The lowest BCUT2D eigenvalue weighted by Crippen LogP contribution is -2.61. The summed E-state index contributed by atoms with van der Waals surface area (Å²) in [5.41, 5.74) is 15.5. The van der Waals surface area contributed by atoms with Crippen molar-refractivity contribution in [3.05, 3.63) is 10.8 Å². The SMILES string of the molecule is CCC(=O)OC1C(OC2C(C)C(OC3CC(C)(OC)C(O)C(C)O3)C(C)C(=O)OC(CC)C(C)(O)C(O)C(C)C(=O)C(C)CC2(C)O)OC(C)CC1N(C)C.CCCCCCCCCCCCOS(=O)(=O)O.Cl.NC(N)=NC(=O)c1nc(Cl)c(N)nc1N. The number of nitrogens with zero attached hydrogens (tertiary/aromatic N) is 4. The second-order valence-electron chi connectivity index (χ2n) is 24.2. The first-order valence-electron chi connectivity index (χ1n) is 30.3. The third-order valence-corrected chi connectivity index (χ3v) is 17.2. The zero-order chi connectivity index (χ0) is 66.5. The summed E-state index contributed by atoms with van der Waals surface area (Å²) in [7, 11) is 0.973. The zero-order valence-electron chi connectivity index (χ0n) is 54.2. The van der Waals surface area contributed by atoms with Crippen LogP contribution in [0.1, 0.15) is 190 Å². The van der Waals surface area contributed by atoms with Crippen molar-refractivity contribution in [3.63, 3.8) is 0 Å². The molecule has 27 nitrogen and oxygen atoms in total. The van der Waals surface area contributed by atoms with Crippen molar-refractivity contribution in [1.82, 2.24) is 14.9 Å². The van der Waals surface area contributed by atoms with Gasteiger partial charge in [0.1, 0.15) is 23.6 Å². The van der Waals surface area contributed by atoms with E-state index in [2.05, 4.69) is 26.1 Å². The molecule has 0 spiro atoms. The van der Waals surface area contributed by atoms with E-state index < -0.39 is 136 Å². The number of carbonyl (C=O) groups excluding carboxylic acids is 4. The molecule has 13 N–H and O–H groups in total. The number of halogens is 2. The minimum Gasteiger partial charge on any atom is -0.459 e. The number of nitrogen functional groups attached to an aromatic ring is 2. The highest BCUT2D eigenvalue weighted by molar-refractivity contribution is 7.80. The molecule has 4 rings (SSSR count). The molecule has 0 saturated carbocycles. The molecular weight excluding hydrogens is 1220 g/mol. The minimum absolute atomic E-state index is 0. The quantitative estimate of drug-likeness (QED) is 0.0224. The Hall–Kier alpha value is -3.72. The lowest BCUT2D eigenvalue weighted by Gasteiger charge is -2.49. The first-order chi connectivity index (χ1) is 40.3. The molecule has 3 saturated heterocycles. The van der Waals surface area contributed by atoms with Gasteiger partial charge in [0.2, 0.25) is 0 Å². The molecule has 4 heterocycles. The summed E-state index contributed by atoms with van der Waals surface area (Å²) in [6.45, 7) is 20.3. The number of esters is 2. The van der Waals surface area contributed by atoms with E-state index in [-0.39, 0.29) is 79.3 Å². The Morgan fingerprint density at radius 3 is 1.90 bits per heavy atom. The molecule has 88 heavy (non-hydrogen) atoms. The van der Waals surface area contributed by atoms with Crippen molar-refractivity contribution in [2.24, 2.45) is 40.1 Å². The number of anilines is 2. The number of aromatic nitrogens is 2. The Morgan fingerprint density at radius 2 is 1.39 bits per heavy atom. The number of aliphatic imine (C=N–C) groups is 1. The average molecular weight is 1320 g/mol. The number of unbranched alkanes of at least 4 members (excludes halogenated alkanes) is 9. The smallest absolute Gasteiger partial charge is 0.397 e. The van der Waals surface area contributed by atoms with E-state index in [0.717, 1.165) is 12.8 Å². The van der Waals surface area contributed by atoms with Crippen molar-refractivity contribution >= 4 is 75.6 Å². The van der Waals surface area contributed by atoms with Gasteiger partial charge in [0.25, 0.3) is 0 Å². The summed E-state index contributed by atoms with van der Waals surface area (Å²) in [4.78, 5) is 64.6. The number of rotatable bonds is 22. The molecule has 1 aromatic rings. The zero-order valence-corrected chi connectivity index (χ0v) is 56.6. The van der Waals surface area contributed by atoms with Gasteiger partial charge in [-0.25, -0.2) is 14.2 Å². The van der Waals surface area contributed by atoms with Gasteiger partial charge in [-0.05, 0) is 81.3 Å². The van der Waals surface area contributed by atoms with Crippen LogP contribution in [-0.4, -0.2) is 190 Å². The van der Waals surface area contributed by atoms with E-state index in [9.17, 15) is 48.0 Å². The molecule has 1 amide bonds. The fourth-order valence-electron chi connectivity index (χ4n) is 11.3. The van der Waals surface area contributed by atoms with Crippen LogP contribution in [0.3, 0.4) is 0 Å². The summed E-state index contributed by atoms with van der Waals surface area (Å²) >= 11 is 5.55. The van der Waals surface area contributed by atoms with Gasteiger partial charge in [-0.2, -0.15) is 13.4 Å². The largest absolute Gasteiger partial charge is 0.459 e. The number of hydrogen-bond donors (Lipinski definition) is 9. The van der Waals surface area contributed by atoms with Gasteiger partial charge in [0.15, 0.2) is 47.1 Å². The third kappa shape index (κ3) is 25.1. The average Bonchev–Trinajstić information content (AvgIpc) is 3.64. The normalized spacial score (nSPS) is 33.2. The fraction of sp³-hybridized carbons (Fsp3) is 0.845. The van der Waals surface area contributed by atoms with Crippen LogP contribution in [-0.2, 0) is 62.1 Å². The number of guanidine groups is 1. The number of aliphatic hydroxyl groups is 4. The highest BCUT2D eigenvalue weighted by Crippen LogP contribution is 2.41. The fourth-order valence-corrected chi connectivity index (χ4v) is 11.7. The van der Waals surface area contributed by atoms with Crippen LogP contribution < -0.4 is 22.9 Å². The number of amides is 1. The molecule has 0 bridgehead atoms. The number of Topliss-reactive ketones (excluding diaryl/α,β-unsaturated/α-hetero) is 1. The number of aliphatic hydroxyl groups excluding tert-OH is 2. The number of hydrogen-bond acceptors (Lipinski definition) is 23. The molecule has 3 aliphatic rings. The summed E-state index contributed by atoms with van der Waals surface area (Å²) < 4.78 is 76.6. The Bertz CT molecular complexity index is 2470.